The summed E-state index contributed by atoms with van der Waals surface area (Å²) < 4.78 is 26.5. The highest BCUT2D eigenvalue weighted by molar-refractivity contribution is 8.00. The van der Waals surface area contributed by atoms with Gasteiger partial charge in [0.1, 0.15) is 0 Å². The lowest BCUT2D eigenvalue weighted by molar-refractivity contribution is 0.0747. The van der Waals surface area contributed by atoms with Gasteiger partial charge in [-0.05, 0) is 43.5 Å². The number of nitrogens with zero attached hydrogens (tertiary/aromatic N) is 2. The van der Waals surface area contributed by atoms with Crippen LogP contribution in [0, 0.1) is 0 Å². The highest BCUT2D eigenvalue weighted by atomic mass is 32.2. The van der Waals surface area contributed by atoms with Crippen LogP contribution in [0.4, 0.5) is 0 Å². The van der Waals surface area contributed by atoms with Crippen LogP contribution < -0.4 is 0 Å². The molecule has 3 saturated heterocycles. The summed E-state index contributed by atoms with van der Waals surface area (Å²) in [5.41, 5.74) is 0.586. The van der Waals surface area contributed by atoms with Crippen molar-refractivity contribution in [2.24, 2.45) is 0 Å². The number of amides is 1. The number of likely N-dealkylation sites (tertiary alicyclic amines) is 1. The average Bonchev–Trinajstić information content (AvgIpc) is 3.31. The largest absolute Gasteiger partial charge is 0.334 e. The summed E-state index contributed by atoms with van der Waals surface area (Å²) >= 11 is 1.95. The Morgan fingerprint density at radius 1 is 1.13 bits per heavy atom. The fourth-order valence-corrected chi connectivity index (χ4v) is 6.61. The van der Waals surface area contributed by atoms with E-state index in [1.54, 1.807) is 24.3 Å². The van der Waals surface area contributed by atoms with Gasteiger partial charge in [0.15, 0.2) is 0 Å². The topological polar surface area (TPSA) is 57.7 Å². The Balaban J connectivity index is 1.53. The average molecular weight is 352 g/mol. The minimum Gasteiger partial charge on any atom is -0.334 e. The van der Waals surface area contributed by atoms with Gasteiger partial charge in [0.2, 0.25) is 10.0 Å². The predicted octanol–water partition coefficient (Wildman–Crippen LogP) is 1.80. The molecular weight excluding hydrogens is 332 g/mol. The molecule has 1 amide bonds. The minimum absolute atomic E-state index is 0.0305. The standard InChI is InChI=1S/C16H20N2O3S2/c19-16(18-10-14-9-13(18)11-22-14)12-3-5-15(6-4-12)23(20,21)17-7-1-2-8-17/h3-6,13-14H,1-2,7-11H2. The third kappa shape index (κ3) is 2.68. The van der Waals surface area contributed by atoms with Crippen molar-refractivity contribution in [3.05, 3.63) is 29.8 Å². The molecule has 4 rings (SSSR count). The van der Waals surface area contributed by atoms with E-state index >= 15 is 0 Å². The van der Waals surface area contributed by atoms with Gasteiger partial charge in [0, 0.05) is 42.2 Å². The van der Waals surface area contributed by atoms with Gasteiger partial charge in [-0.2, -0.15) is 16.1 Å². The molecule has 23 heavy (non-hydrogen) atoms. The fraction of sp³-hybridized carbons (Fsp3) is 0.562. The van der Waals surface area contributed by atoms with Gasteiger partial charge in [-0.25, -0.2) is 8.42 Å². The lowest BCUT2D eigenvalue weighted by Gasteiger charge is -2.26. The van der Waals surface area contributed by atoms with Crippen molar-refractivity contribution in [1.29, 1.82) is 0 Å². The predicted molar refractivity (Wildman–Crippen MR) is 90.1 cm³/mol. The van der Waals surface area contributed by atoms with Gasteiger partial charge in [-0.1, -0.05) is 0 Å². The Hall–Kier alpha value is -1.05. The van der Waals surface area contributed by atoms with Crippen molar-refractivity contribution < 1.29 is 13.2 Å². The maximum Gasteiger partial charge on any atom is 0.254 e. The highest BCUT2D eigenvalue weighted by Crippen LogP contribution is 2.38. The molecule has 0 aromatic heterocycles. The van der Waals surface area contributed by atoms with Crippen molar-refractivity contribution in [2.75, 3.05) is 25.4 Å². The molecule has 0 spiro atoms. The van der Waals surface area contributed by atoms with E-state index in [-0.39, 0.29) is 10.8 Å². The number of rotatable bonds is 3. The minimum atomic E-state index is -3.40. The van der Waals surface area contributed by atoms with Crippen molar-refractivity contribution in [2.45, 2.75) is 35.4 Å². The first-order chi connectivity index (χ1) is 11.1. The molecule has 2 bridgehead atoms. The SMILES string of the molecule is O=C(c1ccc(S(=O)(=O)N2CCCC2)cc1)N1CC2CC1CS2. The van der Waals surface area contributed by atoms with Crippen LogP contribution in [-0.2, 0) is 10.0 Å². The van der Waals surface area contributed by atoms with E-state index in [1.807, 2.05) is 16.7 Å². The second kappa shape index (κ2) is 5.79. The van der Waals surface area contributed by atoms with Crippen LogP contribution in [0.15, 0.2) is 29.2 Å². The van der Waals surface area contributed by atoms with Crippen molar-refractivity contribution in [1.82, 2.24) is 9.21 Å². The van der Waals surface area contributed by atoms with E-state index in [0.29, 0.717) is 29.9 Å². The molecule has 0 N–H and O–H groups in total. The molecule has 3 fully saturated rings. The lowest BCUT2D eigenvalue weighted by Crippen LogP contribution is -2.39. The fourth-order valence-electron chi connectivity index (χ4n) is 3.66. The Labute approximate surface area is 141 Å². The number of carbonyl (C=O) groups is 1. The van der Waals surface area contributed by atoms with Gasteiger partial charge in [-0.3, -0.25) is 4.79 Å². The zero-order valence-electron chi connectivity index (χ0n) is 12.8. The maximum atomic E-state index is 12.6. The highest BCUT2D eigenvalue weighted by Gasteiger charge is 2.41. The normalized spacial score (nSPS) is 27.7. The molecule has 3 aliphatic heterocycles. The Kier molecular flexibility index (Phi) is 3.90. The number of carbonyl (C=O) groups excluding carboxylic acids is 1. The van der Waals surface area contributed by atoms with E-state index in [1.165, 1.54) is 4.31 Å². The number of benzene rings is 1. The molecule has 2 unspecified atom stereocenters. The quantitative estimate of drug-likeness (QED) is 0.832. The molecule has 3 heterocycles. The third-order valence-corrected chi connectivity index (χ3v) is 8.27. The monoisotopic (exact) mass is 352 g/mol. The van der Waals surface area contributed by atoms with Crippen LogP contribution in [0.3, 0.4) is 0 Å². The van der Waals surface area contributed by atoms with Crippen LogP contribution in [-0.4, -0.2) is 60.2 Å². The van der Waals surface area contributed by atoms with Gasteiger partial charge in [0.25, 0.3) is 5.91 Å². The van der Waals surface area contributed by atoms with E-state index in [2.05, 4.69) is 0 Å². The molecule has 0 radical (unpaired) electrons. The lowest BCUT2D eigenvalue weighted by atomic mass is 10.2. The number of hydrogen-bond donors (Lipinski definition) is 0. The molecule has 5 nitrogen and oxygen atoms in total. The second-order valence-corrected chi connectivity index (χ2v) is 9.71. The number of sulfonamides is 1. The van der Waals surface area contributed by atoms with E-state index in [9.17, 15) is 13.2 Å². The molecule has 3 aliphatic rings. The van der Waals surface area contributed by atoms with Crippen LogP contribution in [0.1, 0.15) is 29.6 Å². The van der Waals surface area contributed by atoms with Crippen LogP contribution in [0.25, 0.3) is 0 Å². The van der Waals surface area contributed by atoms with E-state index < -0.39 is 10.0 Å². The number of thioether (sulfide) groups is 1. The first-order valence-corrected chi connectivity index (χ1v) is 10.6. The van der Waals surface area contributed by atoms with Crippen molar-refractivity contribution >= 4 is 27.7 Å². The summed E-state index contributed by atoms with van der Waals surface area (Å²) in [5.74, 6) is 1.06. The van der Waals surface area contributed by atoms with E-state index in [4.69, 9.17) is 0 Å². The molecule has 124 valence electrons. The first-order valence-electron chi connectivity index (χ1n) is 8.08. The molecule has 1 aromatic rings. The summed E-state index contributed by atoms with van der Waals surface area (Å²) in [6.07, 6.45) is 2.94. The van der Waals surface area contributed by atoms with Gasteiger partial charge in [0.05, 0.1) is 4.90 Å². The molecule has 7 heteroatoms. The summed E-state index contributed by atoms with van der Waals surface area (Å²) in [5, 5.41) is 0.582. The van der Waals surface area contributed by atoms with Crippen molar-refractivity contribution in [3.63, 3.8) is 0 Å². The van der Waals surface area contributed by atoms with Crippen LogP contribution in [0.5, 0.6) is 0 Å². The Morgan fingerprint density at radius 3 is 2.39 bits per heavy atom. The summed E-state index contributed by atoms with van der Waals surface area (Å²) in [6.45, 7) is 2.01. The molecule has 0 aliphatic carbocycles. The second-order valence-electron chi connectivity index (χ2n) is 6.44. The van der Waals surface area contributed by atoms with Crippen LogP contribution >= 0.6 is 11.8 Å². The Morgan fingerprint density at radius 2 is 1.83 bits per heavy atom. The summed E-state index contributed by atoms with van der Waals surface area (Å²) in [4.78, 5) is 14.8. The van der Waals surface area contributed by atoms with Gasteiger partial charge in [-0.15, -0.1) is 0 Å². The molecule has 2 atom stereocenters. The molecule has 0 saturated carbocycles. The van der Waals surface area contributed by atoms with Gasteiger partial charge < -0.3 is 4.90 Å². The molecular formula is C16H20N2O3S2. The number of hydrogen-bond acceptors (Lipinski definition) is 4. The maximum absolute atomic E-state index is 12.6. The number of fused-ring (bicyclic) bond motifs is 2. The third-order valence-electron chi connectivity index (χ3n) is 4.97. The smallest absolute Gasteiger partial charge is 0.254 e. The molecule has 1 aromatic carbocycles. The Bertz CT molecular complexity index is 711. The summed E-state index contributed by atoms with van der Waals surface area (Å²) in [6, 6.07) is 6.81. The first kappa shape index (κ1) is 15.5. The van der Waals surface area contributed by atoms with Crippen LogP contribution in [0.2, 0.25) is 0 Å². The zero-order chi connectivity index (χ0) is 16.0. The van der Waals surface area contributed by atoms with E-state index in [0.717, 1.165) is 31.6 Å². The van der Waals surface area contributed by atoms with Crippen molar-refractivity contribution in [3.8, 4) is 0 Å². The summed E-state index contributed by atoms with van der Waals surface area (Å²) in [7, 11) is -3.40. The zero-order valence-corrected chi connectivity index (χ0v) is 14.5. The van der Waals surface area contributed by atoms with Gasteiger partial charge >= 0.3 is 0 Å².